The van der Waals surface area contributed by atoms with Crippen molar-refractivity contribution in [2.75, 3.05) is 66.8 Å². The van der Waals surface area contributed by atoms with E-state index in [0.717, 1.165) is 64.6 Å². The number of hydrogen-bond donors (Lipinski definition) is 1. The van der Waals surface area contributed by atoms with E-state index in [2.05, 4.69) is 4.90 Å². The van der Waals surface area contributed by atoms with Crippen molar-refractivity contribution in [1.82, 2.24) is 9.80 Å². The van der Waals surface area contributed by atoms with Crippen LogP contribution in [0.4, 0.5) is 13.2 Å². The first-order valence-electron chi connectivity index (χ1n) is 11.0. The van der Waals surface area contributed by atoms with Gasteiger partial charge in [0, 0.05) is 59.0 Å². The molecule has 0 saturated carbocycles. The molecular formula is C21H35F3N2O6. The Morgan fingerprint density at radius 1 is 1.19 bits per heavy atom. The topological polar surface area (TPSA) is 88.5 Å². The number of hydrogen-bond acceptors (Lipinski definition) is 6. The zero-order chi connectivity index (χ0) is 23.8. The zero-order valence-electron chi connectivity index (χ0n) is 18.9. The number of carboxylic acid groups (broad SMARTS) is 1. The minimum Gasteiger partial charge on any atom is -0.475 e. The van der Waals surface area contributed by atoms with Crippen LogP contribution in [-0.2, 0) is 23.8 Å². The normalized spacial score (nSPS) is 27.1. The molecule has 3 rings (SSSR count). The molecule has 0 spiro atoms. The lowest BCUT2D eigenvalue weighted by atomic mass is 9.72. The van der Waals surface area contributed by atoms with Crippen molar-refractivity contribution in [3.05, 3.63) is 0 Å². The molecule has 1 amide bonds. The molecule has 0 aliphatic carbocycles. The Balaban J connectivity index is 0.000000451. The third-order valence-corrected chi connectivity index (χ3v) is 6.28. The lowest BCUT2D eigenvalue weighted by Crippen LogP contribution is -2.57. The Morgan fingerprint density at radius 2 is 1.84 bits per heavy atom. The van der Waals surface area contributed by atoms with Crippen molar-refractivity contribution in [2.24, 2.45) is 11.3 Å². The third kappa shape index (κ3) is 8.17. The van der Waals surface area contributed by atoms with Crippen molar-refractivity contribution in [1.29, 1.82) is 0 Å². The fourth-order valence-corrected chi connectivity index (χ4v) is 4.51. The second-order valence-corrected chi connectivity index (χ2v) is 8.99. The molecule has 0 bridgehead atoms. The van der Waals surface area contributed by atoms with Gasteiger partial charge in [0.05, 0.1) is 12.7 Å². The summed E-state index contributed by atoms with van der Waals surface area (Å²) in [5, 5.41) is 7.12. The summed E-state index contributed by atoms with van der Waals surface area (Å²) in [6, 6.07) is 0. The van der Waals surface area contributed by atoms with E-state index < -0.39 is 12.1 Å². The number of aliphatic carboxylic acids is 1. The highest BCUT2D eigenvalue weighted by atomic mass is 19.4. The second kappa shape index (κ2) is 12.2. The summed E-state index contributed by atoms with van der Waals surface area (Å²) in [7, 11) is 3.54. The molecule has 2 unspecified atom stereocenters. The predicted molar refractivity (Wildman–Crippen MR) is 109 cm³/mol. The van der Waals surface area contributed by atoms with Gasteiger partial charge < -0.3 is 29.1 Å². The van der Waals surface area contributed by atoms with Crippen LogP contribution in [0.1, 0.15) is 32.1 Å². The standard InChI is InChI=1S/C19H34N2O4.C2HF3O2/c1-20(2)18(22)13-24-15-19-7-3-9-25-17(19)4-8-21(14-19)12-16-5-10-23-11-6-16;3-2(4,5)1(6)7/h16-17H,3-15H2,1-2H3;(H,6,7). The van der Waals surface area contributed by atoms with Gasteiger partial charge in [0.2, 0.25) is 5.91 Å². The van der Waals surface area contributed by atoms with Crippen LogP contribution in [0.2, 0.25) is 0 Å². The van der Waals surface area contributed by atoms with Crippen molar-refractivity contribution in [2.45, 2.75) is 44.4 Å². The minimum absolute atomic E-state index is 0.0274. The van der Waals surface area contributed by atoms with Crippen molar-refractivity contribution in [3.8, 4) is 0 Å². The molecule has 3 heterocycles. The number of amides is 1. The molecule has 0 radical (unpaired) electrons. The molecule has 0 aromatic carbocycles. The summed E-state index contributed by atoms with van der Waals surface area (Å²) in [6.07, 6.45) is 0.856. The average Bonchev–Trinajstić information content (AvgIpc) is 2.74. The predicted octanol–water partition coefficient (Wildman–Crippen LogP) is 2.02. The number of alkyl halides is 3. The lowest BCUT2D eigenvalue weighted by molar-refractivity contribution is -0.192. The SMILES string of the molecule is CN(C)C(=O)COCC12CCCOC1CCN(CC1CCOCC1)C2.O=C(O)C(F)(F)F. The summed E-state index contributed by atoms with van der Waals surface area (Å²) >= 11 is 0. The van der Waals surface area contributed by atoms with Gasteiger partial charge in [-0.05, 0) is 38.0 Å². The number of piperidine rings is 1. The first-order chi connectivity index (χ1) is 15.0. The number of likely N-dealkylation sites (N-methyl/N-ethyl adjacent to an activating group) is 1. The molecule has 3 aliphatic heterocycles. The van der Waals surface area contributed by atoms with Gasteiger partial charge in [-0.25, -0.2) is 4.79 Å². The van der Waals surface area contributed by atoms with Gasteiger partial charge in [-0.3, -0.25) is 4.79 Å². The quantitative estimate of drug-likeness (QED) is 0.638. The number of halogens is 3. The van der Waals surface area contributed by atoms with Crippen LogP contribution in [0.3, 0.4) is 0 Å². The molecule has 3 fully saturated rings. The minimum atomic E-state index is -5.08. The van der Waals surface area contributed by atoms with Crippen molar-refractivity contribution >= 4 is 11.9 Å². The summed E-state index contributed by atoms with van der Waals surface area (Å²) in [4.78, 5) is 24.9. The lowest BCUT2D eigenvalue weighted by Gasteiger charge is -2.51. The van der Waals surface area contributed by atoms with E-state index in [4.69, 9.17) is 24.1 Å². The summed E-state index contributed by atoms with van der Waals surface area (Å²) < 4.78 is 49.2. The van der Waals surface area contributed by atoms with Gasteiger partial charge >= 0.3 is 12.1 Å². The van der Waals surface area contributed by atoms with Gasteiger partial charge in [-0.2, -0.15) is 13.2 Å². The first kappa shape index (κ1) is 26.8. The molecule has 8 nitrogen and oxygen atoms in total. The molecule has 186 valence electrons. The number of likely N-dealkylation sites (tertiary alicyclic amines) is 1. The van der Waals surface area contributed by atoms with Crippen LogP contribution in [0, 0.1) is 11.3 Å². The number of nitrogens with zero attached hydrogens (tertiary/aromatic N) is 2. The van der Waals surface area contributed by atoms with E-state index >= 15 is 0 Å². The highest BCUT2D eigenvalue weighted by Crippen LogP contribution is 2.41. The maximum atomic E-state index is 11.8. The number of carbonyl (C=O) groups excluding carboxylic acids is 1. The Hall–Kier alpha value is -1.43. The van der Waals surface area contributed by atoms with Crippen LogP contribution in [0.15, 0.2) is 0 Å². The number of ether oxygens (including phenoxy) is 3. The molecule has 11 heteroatoms. The molecule has 3 aliphatic rings. The van der Waals surface area contributed by atoms with E-state index in [1.54, 1.807) is 19.0 Å². The van der Waals surface area contributed by atoms with Crippen LogP contribution in [0.5, 0.6) is 0 Å². The fraction of sp³-hybridized carbons (Fsp3) is 0.905. The Labute approximate surface area is 187 Å². The largest absolute Gasteiger partial charge is 0.490 e. The first-order valence-corrected chi connectivity index (χ1v) is 11.0. The molecule has 0 aromatic heterocycles. The Bertz CT molecular complexity index is 613. The van der Waals surface area contributed by atoms with E-state index in [1.165, 1.54) is 12.8 Å². The number of fused-ring (bicyclic) bond motifs is 1. The highest BCUT2D eigenvalue weighted by molar-refractivity contribution is 5.76. The molecule has 2 atom stereocenters. The number of carboxylic acids is 1. The maximum absolute atomic E-state index is 11.8. The van der Waals surface area contributed by atoms with Crippen LogP contribution >= 0.6 is 0 Å². The summed E-state index contributed by atoms with van der Waals surface area (Å²) in [5.74, 6) is -1.98. The molecule has 3 saturated heterocycles. The van der Waals surface area contributed by atoms with Gasteiger partial charge in [0.1, 0.15) is 6.61 Å². The summed E-state index contributed by atoms with van der Waals surface area (Å²) in [5.41, 5.74) is 0.0499. The Morgan fingerprint density at radius 3 is 2.44 bits per heavy atom. The number of carbonyl (C=O) groups is 2. The molecule has 32 heavy (non-hydrogen) atoms. The van der Waals surface area contributed by atoms with E-state index in [0.29, 0.717) is 6.61 Å². The summed E-state index contributed by atoms with van der Waals surface area (Å²) in [6.45, 7) is 6.78. The fourth-order valence-electron chi connectivity index (χ4n) is 4.51. The smallest absolute Gasteiger partial charge is 0.475 e. The van der Waals surface area contributed by atoms with E-state index in [9.17, 15) is 18.0 Å². The van der Waals surface area contributed by atoms with Crippen LogP contribution < -0.4 is 0 Å². The maximum Gasteiger partial charge on any atom is 0.490 e. The van der Waals surface area contributed by atoms with Crippen molar-refractivity contribution < 1.29 is 42.1 Å². The van der Waals surface area contributed by atoms with Gasteiger partial charge in [-0.15, -0.1) is 0 Å². The monoisotopic (exact) mass is 468 g/mol. The number of rotatable bonds is 6. The molecular weight excluding hydrogens is 433 g/mol. The highest BCUT2D eigenvalue weighted by Gasteiger charge is 2.46. The van der Waals surface area contributed by atoms with Crippen LogP contribution in [-0.4, -0.2) is 106 Å². The molecule has 1 N–H and O–H groups in total. The average molecular weight is 469 g/mol. The van der Waals surface area contributed by atoms with Gasteiger partial charge in [0.25, 0.3) is 0 Å². The molecule has 0 aromatic rings. The second-order valence-electron chi connectivity index (χ2n) is 8.99. The van der Waals surface area contributed by atoms with Gasteiger partial charge in [-0.1, -0.05) is 0 Å². The van der Waals surface area contributed by atoms with Crippen LogP contribution in [0.25, 0.3) is 0 Å². The van der Waals surface area contributed by atoms with E-state index in [-0.39, 0.29) is 24.0 Å². The third-order valence-electron chi connectivity index (χ3n) is 6.28. The van der Waals surface area contributed by atoms with E-state index in [1.807, 2.05) is 0 Å². The van der Waals surface area contributed by atoms with Gasteiger partial charge in [0.15, 0.2) is 0 Å². The van der Waals surface area contributed by atoms with Crippen molar-refractivity contribution in [3.63, 3.8) is 0 Å². The Kier molecular flexibility index (Phi) is 10.2. The zero-order valence-corrected chi connectivity index (χ0v) is 18.9.